The lowest BCUT2D eigenvalue weighted by Crippen LogP contribution is -2.23. The molecule has 0 aliphatic carbocycles. The standard InChI is InChI=1S/C34H30FN5O2S/c1-22(2)17-18-42-29-15-12-25(19-23(29)3)32-26(21-39(38-32)28-7-5-4-6-8-28)20-30-33(41)40-34(43-30)36-31(37-40)16-11-24-9-13-27(35)14-10-24/h4-16,19-22H,17-18H2,1-3H3/b16-11+,30-20-. The number of aromatic nitrogens is 5. The lowest BCUT2D eigenvalue weighted by atomic mass is 10.0. The molecular formula is C34H30FN5O2S. The normalized spacial score (nSPS) is 12.3. The summed E-state index contributed by atoms with van der Waals surface area (Å²) >= 11 is 1.27. The number of hydrogen-bond acceptors (Lipinski definition) is 6. The van der Waals surface area contributed by atoms with Crippen LogP contribution in [0, 0.1) is 18.7 Å². The Hall–Kier alpha value is -4.89. The third kappa shape index (κ3) is 6.32. The second-order valence-corrected chi connectivity index (χ2v) is 11.7. The number of hydrogen-bond donors (Lipinski definition) is 0. The molecule has 43 heavy (non-hydrogen) atoms. The molecule has 3 aromatic heterocycles. The van der Waals surface area contributed by atoms with Crippen molar-refractivity contribution in [2.75, 3.05) is 6.61 Å². The first-order chi connectivity index (χ1) is 20.8. The van der Waals surface area contributed by atoms with Crippen molar-refractivity contribution >= 4 is 34.5 Å². The van der Waals surface area contributed by atoms with Gasteiger partial charge in [0.05, 0.1) is 16.8 Å². The summed E-state index contributed by atoms with van der Waals surface area (Å²) in [5.74, 6) is 1.54. The van der Waals surface area contributed by atoms with Crippen LogP contribution in [-0.4, -0.2) is 31.0 Å². The number of nitrogens with zero attached hydrogens (tertiary/aromatic N) is 5. The summed E-state index contributed by atoms with van der Waals surface area (Å²) in [6.45, 7) is 7.07. The van der Waals surface area contributed by atoms with Gasteiger partial charge in [0.25, 0.3) is 5.56 Å². The average Bonchev–Trinajstić information content (AvgIpc) is 3.68. The Balaban J connectivity index is 1.36. The predicted molar refractivity (Wildman–Crippen MR) is 170 cm³/mol. The Morgan fingerprint density at radius 3 is 2.51 bits per heavy atom. The number of halogens is 1. The van der Waals surface area contributed by atoms with Crippen molar-refractivity contribution in [2.45, 2.75) is 27.2 Å². The number of rotatable bonds is 9. The van der Waals surface area contributed by atoms with E-state index in [0.29, 0.717) is 27.8 Å². The minimum atomic E-state index is -0.298. The van der Waals surface area contributed by atoms with E-state index in [9.17, 15) is 9.18 Å². The molecule has 0 unspecified atom stereocenters. The average molecular weight is 592 g/mol. The lowest BCUT2D eigenvalue weighted by molar-refractivity contribution is 0.288. The largest absolute Gasteiger partial charge is 0.493 e. The zero-order valence-electron chi connectivity index (χ0n) is 24.1. The third-order valence-electron chi connectivity index (χ3n) is 6.94. The first kappa shape index (κ1) is 28.2. The summed E-state index contributed by atoms with van der Waals surface area (Å²) in [6.07, 6.45) is 8.25. The van der Waals surface area contributed by atoms with E-state index in [2.05, 4.69) is 30.0 Å². The molecule has 0 bridgehead atoms. The molecule has 0 N–H and O–H groups in total. The van der Waals surface area contributed by atoms with Crippen LogP contribution < -0.4 is 14.8 Å². The van der Waals surface area contributed by atoms with Gasteiger partial charge in [-0.25, -0.2) is 9.07 Å². The van der Waals surface area contributed by atoms with Gasteiger partial charge in [0.15, 0.2) is 5.82 Å². The fraction of sp³-hybridized carbons (Fsp3) is 0.176. The first-order valence-electron chi connectivity index (χ1n) is 14.1. The fourth-order valence-corrected chi connectivity index (χ4v) is 5.50. The highest BCUT2D eigenvalue weighted by Gasteiger charge is 2.15. The van der Waals surface area contributed by atoms with E-state index in [1.54, 1.807) is 24.3 Å². The Morgan fingerprint density at radius 2 is 1.79 bits per heavy atom. The molecule has 0 atom stereocenters. The second kappa shape index (κ2) is 12.1. The van der Waals surface area contributed by atoms with E-state index < -0.39 is 0 Å². The molecule has 0 saturated carbocycles. The first-order valence-corrected chi connectivity index (χ1v) is 14.9. The van der Waals surface area contributed by atoms with Crippen LogP contribution in [0.25, 0.3) is 40.1 Å². The SMILES string of the molecule is Cc1cc(-c2nn(-c3ccccc3)cc2/C=c2\sc3nc(/C=C/c4ccc(F)cc4)nn3c2=O)ccc1OCCC(C)C. The number of ether oxygens (including phenoxy) is 1. The minimum absolute atomic E-state index is 0.252. The van der Waals surface area contributed by atoms with Crippen molar-refractivity contribution < 1.29 is 9.13 Å². The van der Waals surface area contributed by atoms with E-state index in [-0.39, 0.29) is 11.4 Å². The van der Waals surface area contributed by atoms with E-state index in [1.165, 1.54) is 28.0 Å². The predicted octanol–water partition coefficient (Wildman–Crippen LogP) is 6.59. The van der Waals surface area contributed by atoms with Gasteiger partial charge in [-0.1, -0.05) is 61.6 Å². The highest BCUT2D eigenvalue weighted by molar-refractivity contribution is 7.15. The summed E-state index contributed by atoms with van der Waals surface area (Å²) in [7, 11) is 0. The van der Waals surface area contributed by atoms with Gasteiger partial charge in [0, 0.05) is 17.3 Å². The number of benzene rings is 3. The molecule has 0 saturated heterocycles. The molecule has 3 heterocycles. The zero-order chi connectivity index (χ0) is 29.9. The quantitative estimate of drug-likeness (QED) is 0.190. The van der Waals surface area contributed by atoms with Crippen LogP contribution in [0.15, 0.2) is 83.8 Å². The van der Waals surface area contributed by atoms with Crippen molar-refractivity contribution in [3.8, 4) is 22.7 Å². The second-order valence-electron chi connectivity index (χ2n) is 10.7. The maximum Gasteiger partial charge on any atom is 0.291 e. The van der Waals surface area contributed by atoms with E-state index in [1.807, 2.05) is 66.3 Å². The van der Waals surface area contributed by atoms with E-state index in [4.69, 9.17) is 9.84 Å². The van der Waals surface area contributed by atoms with Crippen molar-refractivity contribution in [2.24, 2.45) is 5.92 Å². The molecule has 0 fully saturated rings. The Morgan fingerprint density at radius 1 is 1.00 bits per heavy atom. The van der Waals surface area contributed by atoms with Gasteiger partial charge in [-0.05, 0) is 85.0 Å². The van der Waals surface area contributed by atoms with Crippen molar-refractivity contribution in [1.82, 2.24) is 24.4 Å². The summed E-state index contributed by atoms with van der Waals surface area (Å²) in [6, 6.07) is 22.0. The molecular weight excluding hydrogens is 561 g/mol. The molecule has 6 rings (SSSR count). The molecule has 3 aromatic carbocycles. The van der Waals surface area contributed by atoms with Crippen LogP contribution in [-0.2, 0) is 0 Å². The van der Waals surface area contributed by atoms with Crippen LogP contribution in [0.3, 0.4) is 0 Å². The monoisotopic (exact) mass is 591 g/mol. The van der Waals surface area contributed by atoms with Crippen LogP contribution in [0.5, 0.6) is 5.75 Å². The molecule has 0 aliphatic heterocycles. The van der Waals surface area contributed by atoms with Gasteiger partial charge in [-0.15, -0.1) is 5.10 Å². The molecule has 9 heteroatoms. The molecule has 0 radical (unpaired) electrons. The molecule has 216 valence electrons. The summed E-state index contributed by atoms with van der Waals surface area (Å²) in [5.41, 5.74) is 4.97. The Bertz CT molecular complexity index is 2030. The third-order valence-corrected chi connectivity index (χ3v) is 7.90. The molecule has 6 aromatic rings. The molecule has 0 aliphatic rings. The lowest BCUT2D eigenvalue weighted by Gasteiger charge is -2.11. The Labute approximate surface area is 252 Å². The highest BCUT2D eigenvalue weighted by Crippen LogP contribution is 2.29. The Kier molecular flexibility index (Phi) is 7.98. The number of aryl methyl sites for hydroxylation is 1. The fourth-order valence-electron chi connectivity index (χ4n) is 4.60. The number of para-hydroxylation sites is 1. The van der Waals surface area contributed by atoms with Crippen molar-refractivity contribution in [1.29, 1.82) is 0 Å². The molecule has 7 nitrogen and oxygen atoms in total. The van der Waals surface area contributed by atoms with Crippen LogP contribution in [0.1, 0.15) is 42.8 Å². The van der Waals surface area contributed by atoms with Crippen LogP contribution >= 0.6 is 11.3 Å². The molecule has 0 spiro atoms. The van der Waals surface area contributed by atoms with Crippen LogP contribution in [0.2, 0.25) is 0 Å². The summed E-state index contributed by atoms with van der Waals surface area (Å²) in [5, 5.41) is 9.31. The van der Waals surface area contributed by atoms with Crippen LogP contribution in [0.4, 0.5) is 4.39 Å². The van der Waals surface area contributed by atoms with E-state index >= 15 is 0 Å². The van der Waals surface area contributed by atoms with Gasteiger partial charge in [0.1, 0.15) is 17.3 Å². The zero-order valence-corrected chi connectivity index (χ0v) is 24.9. The van der Waals surface area contributed by atoms with Gasteiger partial charge in [0.2, 0.25) is 4.96 Å². The van der Waals surface area contributed by atoms with Crippen molar-refractivity contribution in [3.63, 3.8) is 0 Å². The maximum atomic E-state index is 13.4. The summed E-state index contributed by atoms with van der Waals surface area (Å²) in [4.78, 5) is 18.4. The smallest absolute Gasteiger partial charge is 0.291 e. The van der Waals surface area contributed by atoms with Gasteiger partial charge < -0.3 is 4.74 Å². The van der Waals surface area contributed by atoms with Crippen molar-refractivity contribution in [3.05, 3.63) is 122 Å². The highest BCUT2D eigenvalue weighted by atomic mass is 32.1. The minimum Gasteiger partial charge on any atom is -0.493 e. The van der Waals surface area contributed by atoms with Gasteiger partial charge in [-0.2, -0.15) is 14.6 Å². The topological polar surface area (TPSA) is 74.3 Å². The van der Waals surface area contributed by atoms with Gasteiger partial charge in [-0.3, -0.25) is 4.79 Å². The van der Waals surface area contributed by atoms with Gasteiger partial charge >= 0.3 is 0 Å². The number of fused-ring (bicyclic) bond motifs is 1. The molecule has 0 amide bonds. The maximum absolute atomic E-state index is 13.4. The summed E-state index contributed by atoms with van der Waals surface area (Å²) < 4.78 is 22.9. The van der Waals surface area contributed by atoms with E-state index in [0.717, 1.165) is 45.8 Å². The number of thiazole rings is 1.